The fraction of sp³-hybridized carbons (Fsp3) is 0.250. The van der Waals surface area contributed by atoms with Crippen LogP contribution in [0.25, 0.3) is 11.3 Å². The van der Waals surface area contributed by atoms with Crippen molar-refractivity contribution in [2.24, 2.45) is 0 Å². The lowest BCUT2D eigenvalue weighted by Gasteiger charge is -2.13. The topological polar surface area (TPSA) is 17.8 Å². The van der Waals surface area contributed by atoms with Gasteiger partial charge in [0.25, 0.3) is 0 Å². The van der Waals surface area contributed by atoms with Gasteiger partial charge in [-0.3, -0.25) is 0 Å². The summed E-state index contributed by atoms with van der Waals surface area (Å²) >= 11 is 9.33. The van der Waals surface area contributed by atoms with Gasteiger partial charge in [-0.05, 0) is 47.5 Å². The molecule has 0 unspecified atom stereocenters. The van der Waals surface area contributed by atoms with Gasteiger partial charge in [-0.25, -0.2) is 4.98 Å². The number of hydrogen-bond acceptors (Lipinski definition) is 1. The van der Waals surface area contributed by atoms with Crippen LogP contribution in [-0.2, 0) is 0 Å². The lowest BCUT2D eigenvalue weighted by atomic mass is 10.1. The first-order valence-corrected chi connectivity index (χ1v) is 6.25. The Balaban J connectivity index is 2.52. The van der Waals surface area contributed by atoms with Gasteiger partial charge in [-0.2, -0.15) is 0 Å². The van der Waals surface area contributed by atoms with Crippen molar-refractivity contribution in [3.05, 3.63) is 40.2 Å². The Kier molecular flexibility index (Phi) is 3.36. The first-order chi connectivity index (χ1) is 7.59. The predicted octanol–water partition coefficient (Wildman–Crippen LogP) is 4.55. The lowest BCUT2D eigenvalue weighted by molar-refractivity contribution is 0.592. The zero-order chi connectivity index (χ0) is 11.7. The number of hydrogen-bond donors (Lipinski definition) is 0. The Morgan fingerprint density at radius 3 is 2.44 bits per heavy atom. The largest absolute Gasteiger partial charge is 0.316 e. The van der Waals surface area contributed by atoms with Gasteiger partial charge in [-0.1, -0.05) is 23.7 Å². The van der Waals surface area contributed by atoms with Crippen molar-refractivity contribution in [1.29, 1.82) is 0 Å². The Morgan fingerprint density at radius 2 is 1.88 bits per heavy atom. The molecule has 1 aromatic carbocycles. The van der Waals surface area contributed by atoms with E-state index in [9.17, 15) is 0 Å². The third kappa shape index (κ3) is 2.15. The van der Waals surface area contributed by atoms with Gasteiger partial charge in [0.1, 0.15) is 0 Å². The summed E-state index contributed by atoms with van der Waals surface area (Å²) in [5.41, 5.74) is 2.22. The molecule has 84 valence electrons. The van der Waals surface area contributed by atoms with Crippen molar-refractivity contribution in [2.45, 2.75) is 19.9 Å². The molecule has 2 aromatic rings. The van der Waals surface area contributed by atoms with Gasteiger partial charge >= 0.3 is 0 Å². The van der Waals surface area contributed by atoms with Gasteiger partial charge in [0.2, 0.25) is 0 Å². The summed E-state index contributed by atoms with van der Waals surface area (Å²) in [5.74, 6) is 0. The molecule has 0 saturated carbocycles. The number of imidazole rings is 1. The van der Waals surface area contributed by atoms with Crippen LogP contribution in [-0.4, -0.2) is 9.55 Å². The molecule has 0 N–H and O–H groups in total. The molecule has 0 aliphatic rings. The molecule has 0 saturated heterocycles. The van der Waals surface area contributed by atoms with Gasteiger partial charge in [0.05, 0.1) is 11.9 Å². The van der Waals surface area contributed by atoms with Crippen LogP contribution in [0.1, 0.15) is 19.9 Å². The van der Waals surface area contributed by atoms with E-state index in [1.165, 1.54) is 0 Å². The third-order valence-electron chi connectivity index (χ3n) is 2.41. The van der Waals surface area contributed by atoms with Crippen LogP contribution in [0.2, 0.25) is 5.02 Å². The standard InChI is InChI=1S/C12H12BrClN2/c1-8(2)16-11(7-15-12(16)13)9-3-5-10(14)6-4-9/h3-8H,1-2H3. The van der Waals surface area contributed by atoms with Crippen molar-refractivity contribution in [3.63, 3.8) is 0 Å². The number of benzene rings is 1. The highest BCUT2D eigenvalue weighted by atomic mass is 79.9. The van der Waals surface area contributed by atoms with E-state index >= 15 is 0 Å². The molecule has 1 aromatic heterocycles. The van der Waals surface area contributed by atoms with E-state index in [4.69, 9.17) is 11.6 Å². The highest BCUT2D eigenvalue weighted by Gasteiger charge is 2.11. The molecule has 4 heteroatoms. The van der Waals surface area contributed by atoms with E-state index < -0.39 is 0 Å². The molecule has 0 fully saturated rings. The lowest BCUT2D eigenvalue weighted by Crippen LogP contribution is -2.02. The monoisotopic (exact) mass is 298 g/mol. The van der Waals surface area contributed by atoms with E-state index in [-0.39, 0.29) is 0 Å². The smallest absolute Gasteiger partial charge is 0.177 e. The fourth-order valence-corrected chi connectivity index (χ4v) is 2.49. The predicted molar refractivity (Wildman–Crippen MR) is 70.8 cm³/mol. The SMILES string of the molecule is CC(C)n1c(-c2ccc(Cl)cc2)cnc1Br. The summed E-state index contributed by atoms with van der Waals surface area (Å²) in [6.45, 7) is 4.26. The van der Waals surface area contributed by atoms with Crippen LogP contribution in [0.4, 0.5) is 0 Å². The van der Waals surface area contributed by atoms with Crippen LogP contribution in [0.5, 0.6) is 0 Å². The van der Waals surface area contributed by atoms with Crippen molar-refractivity contribution >= 4 is 27.5 Å². The Labute approximate surface area is 108 Å². The zero-order valence-corrected chi connectivity index (χ0v) is 11.5. The Morgan fingerprint density at radius 1 is 1.25 bits per heavy atom. The van der Waals surface area contributed by atoms with E-state index in [1.807, 2.05) is 30.5 Å². The number of nitrogens with zero attached hydrogens (tertiary/aromatic N) is 2. The van der Waals surface area contributed by atoms with Crippen molar-refractivity contribution in [2.75, 3.05) is 0 Å². The second-order valence-electron chi connectivity index (χ2n) is 3.88. The molecule has 16 heavy (non-hydrogen) atoms. The van der Waals surface area contributed by atoms with Crippen molar-refractivity contribution in [1.82, 2.24) is 9.55 Å². The molecule has 0 aliphatic heterocycles. The molecule has 2 rings (SSSR count). The highest BCUT2D eigenvalue weighted by Crippen LogP contribution is 2.27. The quantitative estimate of drug-likeness (QED) is 0.795. The summed E-state index contributed by atoms with van der Waals surface area (Å²) in [5, 5.41) is 0.749. The first kappa shape index (κ1) is 11.7. The minimum atomic E-state index is 0.363. The normalized spacial score (nSPS) is 11.1. The molecular formula is C12H12BrClN2. The van der Waals surface area contributed by atoms with E-state index in [0.29, 0.717) is 6.04 Å². The molecule has 0 bridgehead atoms. The van der Waals surface area contributed by atoms with Crippen LogP contribution in [0.15, 0.2) is 35.2 Å². The summed E-state index contributed by atoms with van der Waals surface area (Å²) in [6, 6.07) is 8.16. The average molecular weight is 300 g/mol. The summed E-state index contributed by atoms with van der Waals surface area (Å²) in [6.07, 6.45) is 1.87. The fourth-order valence-electron chi connectivity index (χ4n) is 1.66. The maximum Gasteiger partial charge on any atom is 0.177 e. The molecule has 0 spiro atoms. The molecule has 0 atom stereocenters. The molecular weight excluding hydrogens is 288 g/mol. The summed E-state index contributed by atoms with van der Waals surface area (Å²) in [7, 11) is 0. The minimum absolute atomic E-state index is 0.363. The second kappa shape index (κ2) is 4.60. The van der Waals surface area contributed by atoms with E-state index in [1.54, 1.807) is 0 Å². The van der Waals surface area contributed by atoms with Crippen LogP contribution < -0.4 is 0 Å². The Bertz CT molecular complexity index is 488. The maximum absolute atomic E-state index is 5.87. The minimum Gasteiger partial charge on any atom is -0.316 e. The van der Waals surface area contributed by atoms with Crippen LogP contribution in [0, 0.1) is 0 Å². The molecule has 0 aliphatic carbocycles. The number of halogens is 2. The van der Waals surface area contributed by atoms with Crippen molar-refractivity contribution in [3.8, 4) is 11.3 Å². The van der Waals surface area contributed by atoms with Crippen LogP contribution >= 0.6 is 27.5 Å². The summed E-state index contributed by atoms with van der Waals surface area (Å²) < 4.78 is 3.00. The average Bonchev–Trinajstić information content (AvgIpc) is 2.61. The molecule has 2 nitrogen and oxygen atoms in total. The van der Waals surface area contributed by atoms with Crippen molar-refractivity contribution < 1.29 is 0 Å². The van der Waals surface area contributed by atoms with Gasteiger partial charge < -0.3 is 4.57 Å². The van der Waals surface area contributed by atoms with Crippen LogP contribution in [0.3, 0.4) is 0 Å². The number of rotatable bonds is 2. The van der Waals surface area contributed by atoms with E-state index in [0.717, 1.165) is 21.0 Å². The molecule has 0 amide bonds. The van der Waals surface area contributed by atoms with Gasteiger partial charge in [-0.15, -0.1) is 0 Å². The van der Waals surface area contributed by atoms with E-state index in [2.05, 4.69) is 39.3 Å². The first-order valence-electron chi connectivity index (χ1n) is 5.08. The zero-order valence-electron chi connectivity index (χ0n) is 9.11. The van der Waals surface area contributed by atoms with Gasteiger partial charge in [0, 0.05) is 11.1 Å². The molecule has 1 heterocycles. The number of aromatic nitrogens is 2. The maximum atomic E-state index is 5.87. The third-order valence-corrected chi connectivity index (χ3v) is 3.25. The second-order valence-corrected chi connectivity index (χ2v) is 5.03. The highest BCUT2D eigenvalue weighted by molar-refractivity contribution is 9.10. The Hall–Kier alpha value is -0.800. The molecule has 0 radical (unpaired) electrons. The summed E-state index contributed by atoms with van der Waals surface area (Å²) in [4.78, 5) is 4.28. The van der Waals surface area contributed by atoms with Gasteiger partial charge in [0.15, 0.2) is 4.73 Å².